The van der Waals surface area contributed by atoms with Crippen molar-refractivity contribution >= 4 is 25.1 Å². The summed E-state index contributed by atoms with van der Waals surface area (Å²) in [7, 11) is -1.45. The second-order valence-corrected chi connectivity index (χ2v) is 11.9. The Bertz CT molecular complexity index is 858. The Morgan fingerprint density at radius 3 is 2.19 bits per heavy atom. The van der Waals surface area contributed by atoms with Crippen LogP contribution in [0, 0.1) is 0 Å². The molecule has 0 bridgehead atoms. The van der Waals surface area contributed by atoms with Crippen LogP contribution in [-0.2, 0) is 0 Å². The van der Waals surface area contributed by atoms with E-state index in [4.69, 9.17) is 0 Å². The van der Waals surface area contributed by atoms with E-state index < -0.39 is 8.24 Å². The average molecular weight is 291 g/mol. The number of fused-ring (bicyclic) bond motifs is 4. The zero-order valence-corrected chi connectivity index (χ0v) is 14.1. The molecule has 2 heteroatoms. The molecule has 1 aliphatic heterocycles. The molecule has 2 aliphatic rings. The van der Waals surface area contributed by atoms with Gasteiger partial charge in [-0.25, -0.2) is 0 Å². The Morgan fingerprint density at radius 1 is 0.857 bits per heavy atom. The van der Waals surface area contributed by atoms with Crippen LogP contribution in [0.3, 0.4) is 0 Å². The number of anilines is 1. The lowest BCUT2D eigenvalue weighted by atomic mass is 10.0. The van der Waals surface area contributed by atoms with Crippen LogP contribution in [0.25, 0.3) is 11.1 Å². The van der Waals surface area contributed by atoms with Crippen LogP contribution in [0.2, 0.25) is 19.6 Å². The molecular formula is C19H21NSi. The van der Waals surface area contributed by atoms with Crippen molar-refractivity contribution in [1.29, 1.82) is 0 Å². The second-order valence-electron chi connectivity index (χ2n) is 7.10. The second kappa shape index (κ2) is 4.11. The van der Waals surface area contributed by atoms with Gasteiger partial charge in [0.2, 0.25) is 0 Å². The van der Waals surface area contributed by atoms with Gasteiger partial charge in [0.1, 0.15) is 8.24 Å². The maximum atomic E-state index is 2.73. The van der Waals surface area contributed by atoms with Crippen molar-refractivity contribution in [2.24, 2.45) is 0 Å². The smallest absolute Gasteiger partial charge is 0.148 e. The molecule has 1 heterocycles. The first-order chi connectivity index (χ1) is 10.00. The van der Waals surface area contributed by atoms with Crippen molar-refractivity contribution in [3.8, 4) is 0 Å². The van der Waals surface area contributed by atoms with Crippen molar-refractivity contribution < 1.29 is 0 Å². The maximum Gasteiger partial charge on any atom is 0.148 e. The molecule has 0 saturated carbocycles. The molecule has 0 spiro atoms. The largest absolute Gasteiger partial charge is 0.387 e. The first kappa shape index (κ1) is 12.9. The van der Waals surface area contributed by atoms with Gasteiger partial charge < -0.3 is 4.57 Å². The zero-order chi connectivity index (χ0) is 14.8. The summed E-state index contributed by atoms with van der Waals surface area (Å²) in [6.07, 6.45) is 0. The van der Waals surface area contributed by atoms with Crippen molar-refractivity contribution in [2.75, 3.05) is 4.57 Å². The fourth-order valence-corrected chi connectivity index (χ4v) is 6.00. The minimum absolute atomic E-state index is 0.450. The SMILES string of the molecule is CC1=c2ccccc2=C2c3ccccc3N([Si](C)(C)C)C12. The average Bonchev–Trinajstić information content (AvgIpc) is 2.93. The quantitative estimate of drug-likeness (QED) is 0.730. The molecular weight excluding hydrogens is 270 g/mol. The third kappa shape index (κ3) is 1.63. The van der Waals surface area contributed by atoms with Crippen LogP contribution in [0.1, 0.15) is 12.5 Å². The summed E-state index contributed by atoms with van der Waals surface area (Å²) < 4.78 is 2.73. The van der Waals surface area contributed by atoms with Crippen LogP contribution >= 0.6 is 0 Å². The lowest BCUT2D eigenvalue weighted by molar-refractivity contribution is 1.04. The highest BCUT2D eigenvalue weighted by molar-refractivity contribution is 6.80. The van der Waals surface area contributed by atoms with E-state index in [0.717, 1.165) is 0 Å². The van der Waals surface area contributed by atoms with Crippen LogP contribution < -0.4 is 15.0 Å². The molecule has 21 heavy (non-hydrogen) atoms. The molecule has 2 aromatic rings. The monoisotopic (exact) mass is 291 g/mol. The van der Waals surface area contributed by atoms with E-state index >= 15 is 0 Å². The summed E-state index contributed by atoms with van der Waals surface area (Å²) in [5.74, 6) is 0. The van der Waals surface area contributed by atoms with Gasteiger partial charge in [-0.15, -0.1) is 0 Å². The summed E-state index contributed by atoms with van der Waals surface area (Å²) in [6.45, 7) is 9.66. The Morgan fingerprint density at radius 2 is 1.48 bits per heavy atom. The summed E-state index contributed by atoms with van der Waals surface area (Å²) in [5.41, 5.74) is 5.92. The zero-order valence-electron chi connectivity index (χ0n) is 13.1. The highest BCUT2D eigenvalue weighted by Gasteiger charge is 2.43. The normalized spacial score (nSPS) is 19.6. The van der Waals surface area contributed by atoms with Gasteiger partial charge in [-0.05, 0) is 34.6 Å². The van der Waals surface area contributed by atoms with E-state index in [9.17, 15) is 0 Å². The van der Waals surface area contributed by atoms with Gasteiger partial charge in [-0.2, -0.15) is 0 Å². The van der Waals surface area contributed by atoms with Crippen molar-refractivity contribution in [3.05, 3.63) is 64.5 Å². The third-order valence-corrected chi connectivity index (χ3v) is 6.70. The van der Waals surface area contributed by atoms with E-state index in [1.165, 1.54) is 32.8 Å². The van der Waals surface area contributed by atoms with Crippen LogP contribution in [0.15, 0.2) is 48.5 Å². The molecule has 2 aromatic carbocycles. The van der Waals surface area contributed by atoms with E-state index in [0.29, 0.717) is 6.04 Å². The van der Waals surface area contributed by atoms with Gasteiger partial charge in [-0.1, -0.05) is 62.1 Å². The Balaban J connectivity index is 2.14. The van der Waals surface area contributed by atoms with Gasteiger partial charge in [0.25, 0.3) is 0 Å². The standard InChI is InChI=1S/C19H21NSi/c1-13-14-9-5-6-10-15(14)18-16-11-7-8-12-17(16)20(19(13)18)21(2,3)4/h5-12,19H,1-4H3. The van der Waals surface area contributed by atoms with E-state index in [1.807, 2.05) is 0 Å². The van der Waals surface area contributed by atoms with Gasteiger partial charge in [0, 0.05) is 11.3 Å². The summed E-state index contributed by atoms with van der Waals surface area (Å²) >= 11 is 0. The molecule has 0 saturated heterocycles. The summed E-state index contributed by atoms with van der Waals surface area (Å²) in [5, 5.41) is 2.88. The lowest BCUT2D eigenvalue weighted by Gasteiger charge is -2.38. The molecule has 1 aliphatic carbocycles. The van der Waals surface area contributed by atoms with Crippen molar-refractivity contribution in [1.82, 2.24) is 0 Å². The first-order valence-corrected chi connectivity index (χ1v) is 11.1. The van der Waals surface area contributed by atoms with Crippen molar-refractivity contribution in [2.45, 2.75) is 32.6 Å². The molecule has 1 unspecified atom stereocenters. The minimum atomic E-state index is -1.45. The fraction of sp³-hybridized carbons (Fsp3) is 0.263. The number of hydrogen-bond donors (Lipinski definition) is 0. The van der Waals surface area contributed by atoms with Crippen LogP contribution in [0.4, 0.5) is 5.69 Å². The molecule has 0 radical (unpaired) electrons. The molecule has 106 valence electrons. The summed E-state index contributed by atoms with van der Waals surface area (Å²) in [6, 6.07) is 18.3. The Labute approximate surface area is 127 Å². The molecule has 1 atom stereocenters. The number of rotatable bonds is 1. The van der Waals surface area contributed by atoms with Crippen LogP contribution in [-0.4, -0.2) is 14.3 Å². The molecule has 4 rings (SSSR count). The molecule has 0 amide bonds. The minimum Gasteiger partial charge on any atom is -0.387 e. The fourth-order valence-electron chi connectivity index (χ4n) is 3.99. The molecule has 0 aromatic heterocycles. The third-order valence-electron chi connectivity index (χ3n) is 4.76. The predicted octanol–water partition coefficient (Wildman–Crippen LogP) is 3.09. The molecule has 0 fully saturated rings. The number of hydrogen-bond acceptors (Lipinski definition) is 1. The van der Waals surface area contributed by atoms with Gasteiger partial charge in [0.15, 0.2) is 0 Å². The first-order valence-electron chi connectivity index (χ1n) is 7.69. The molecule has 1 nitrogen and oxygen atoms in total. The molecule has 0 N–H and O–H groups in total. The topological polar surface area (TPSA) is 3.24 Å². The van der Waals surface area contributed by atoms with Gasteiger partial charge in [-0.3, -0.25) is 0 Å². The summed E-state index contributed by atoms with van der Waals surface area (Å²) in [4.78, 5) is 0. The van der Waals surface area contributed by atoms with E-state index in [-0.39, 0.29) is 0 Å². The highest BCUT2D eigenvalue weighted by atomic mass is 28.3. The van der Waals surface area contributed by atoms with Gasteiger partial charge in [0.05, 0.1) is 6.04 Å². The number of nitrogens with zero attached hydrogens (tertiary/aromatic N) is 1. The number of para-hydroxylation sites is 1. The lowest BCUT2D eigenvalue weighted by Crippen LogP contribution is -2.50. The Kier molecular flexibility index (Phi) is 2.52. The van der Waals surface area contributed by atoms with Crippen molar-refractivity contribution in [3.63, 3.8) is 0 Å². The van der Waals surface area contributed by atoms with Gasteiger partial charge >= 0.3 is 0 Å². The van der Waals surface area contributed by atoms with E-state index in [1.54, 1.807) is 0 Å². The highest BCUT2D eigenvalue weighted by Crippen LogP contribution is 2.45. The maximum absolute atomic E-state index is 2.73. The predicted molar refractivity (Wildman–Crippen MR) is 93.3 cm³/mol. The van der Waals surface area contributed by atoms with Crippen LogP contribution in [0.5, 0.6) is 0 Å². The Hall–Kier alpha value is -1.80. The number of benzene rings is 2. The van der Waals surface area contributed by atoms with E-state index in [2.05, 4.69) is 79.7 Å².